The summed E-state index contributed by atoms with van der Waals surface area (Å²) < 4.78 is 0. The van der Waals surface area contributed by atoms with E-state index in [1.807, 2.05) is 27.7 Å². The summed E-state index contributed by atoms with van der Waals surface area (Å²) in [6.45, 7) is 9.20. The van der Waals surface area contributed by atoms with Gasteiger partial charge in [-0.05, 0) is 0 Å². The number of amides is 1. The van der Waals surface area contributed by atoms with E-state index in [9.17, 15) is 4.79 Å². The second kappa shape index (κ2) is 16.7. The lowest BCUT2D eigenvalue weighted by atomic mass is 10.2. The Morgan fingerprint density at radius 2 is 1.94 bits per heavy atom. The highest BCUT2D eigenvalue weighted by Crippen LogP contribution is 2.20. The molecule has 5 heteroatoms. The molecule has 0 bridgehead atoms. The minimum atomic E-state index is 0. The Bertz CT molecular complexity index is 256. The van der Waals surface area contributed by atoms with E-state index < -0.39 is 0 Å². The van der Waals surface area contributed by atoms with Crippen molar-refractivity contribution in [2.75, 3.05) is 24.6 Å². The van der Waals surface area contributed by atoms with Crippen molar-refractivity contribution in [3.8, 4) is 11.8 Å². The van der Waals surface area contributed by atoms with Crippen LogP contribution < -0.4 is 11.1 Å². The van der Waals surface area contributed by atoms with Gasteiger partial charge in [-0.2, -0.15) is 0 Å². The van der Waals surface area contributed by atoms with Gasteiger partial charge in [0.25, 0.3) is 0 Å². The predicted octanol–water partition coefficient (Wildman–Crippen LogP) is 3.01. The Morgan fingerprint density at radius 1 is 1.33 bits per heavy atom. The van der Waals surface area contributed by atoms with Crippen molar-refractivity contribution < 1.29 is 7.65 Å². The van der Waals surface area contributed by atoms with Crippen LogP contribution in [0.3, 0.4) is 0 Å². The van der Waals surface area contributed by atoms with E-state index in [4.69, 9.17) is 5.73 Å². The number of nitrogens with one attached hydrogen (secondary N) is 1. The minimum absolute atomic E-state index is 0. The van der Waals surface area contributed by atoms with Gasteiger partial charge in [-0.3, -0.25) is 4.79 Å². The highest BCUT2D eigenvalue weighted by molar-refractivity contribution is 8.76. The predicted molar refractivity (Wildman–Crippen MR) is 89.8 cm³/mol. The number of rotatable bonds is 7. The molecule has 0 aliphatic rings. The summed E-state index contributed by atoms with van der Waals surface area (Å²) in [6.07, 6.45) is 0.547. The highest BCUT2D eigenvalue weighted by Gasteiger charge is 1.99. The summed E-state index contributed by atoms with van der Waals surface area (Å²) in [7, 11) is 3.40. The number of hydrogen-bond acceptors (Lipinski definition) is 4. The first-order chi connectivity index (χ1) is 8.66. The molecular formula is C13H30N2OS2. The Morgan fingerprint density at radius 3 is 2.50 bits per heavy atom. The van der Waals surface area contributed by atoms with Gasteiger partial charge in [-0.1, -0.05) is 61.1 Å². The van der Waals surface area contributed by atoms with Crippen molar-refractivity contribution in [2.45, 2.75) is 34.1 Å². The number of nitrogens with two attached hydrogens (primary N) is 1. The fourth-order valence-corrected chi connectivity index (χ4v) is 2.63. The van der Waals surface area contributed by atoms with Crippen LogP contribution in [0.4, 0.5) is 0 Å². The molecule has 0 aromatic rings. The van der Waals surface area contributed by atoms with E-state index in [1.54, 1.807) is 21.6 Å². The smallest absolute Gasteiger partial charge is 0.221 e. The molecule has 0 spiro atoms. The van der Waals surface area contributed by atoms with Crippen LogP contribution in [0, 0.1) is 17.8 Å². The maximum atomic E-state index is 11.3. The molecule has 0 radical (unpaired) electrons. The molecule has 0 saturated carbocycles. The van der Waals surface area contributed by atoms with Crippen molar-refractivity contribution in [1.82, 2.24) is 5.32 Å². The first-order valence-electron chi connectivity index (χ1n) is 6.36. The van der Waals surface area contributed by atoms with Crippen LogP contribution >= 0.6 is 21.6 Å². The maximum absolute atomic E-state index is 11.3. The minimum Gasteiger partial charge on any atom is -0.345 e. The Labute approximate surface area is 123 Å². The third-order valence-corrected chi connectivity index (χ3v) is 3.90. The highest BCUT2D eigenvalue weighted by atomic mass is 33.1. The van der Waals surface area contributed by atoms with Gasteiger partial charge < -0.3 is 11.1 Å². The van der Waals surface area contributed by atoms with Gasteiger partial charge in [-0.15, -0.1) is 0 Å². The molecule has 0 aliphatic carbocycles. The van der Waals surface area contributed by atoms with Crippen LogP contribution in [-0.4, -0.2) is 30.5 Å². The number of carbonyl (C=O) groups excluding carboxylic acids is 1. The van der Waals surface area contributed by atoms with Gasteiger partial charge in [0.15, 0.2) is 0 Å². The molecule has 3 N–H and O–H groups in total. The molecule has 1 amide bonds. The van der Waals surface area contributed by atoms with Gasteiger partial charge in [-0.25, -0.2) is 0 Å². The normalized spacial score (nSPS) is 9.00. The Kier molecular flexibility index (Phi) is 18.6. The third-order valence-electron chi connectivity index (χ3n) is 1.46. The standard InChI is InChI=1S/C11H20N2OS2.C2H6.2H2/c1-10(2)4-3-7-13-11(14)5-8-15-16-9-6-12;1-2;;/h10H,5-9,12H2,1-2H3,(H,13,14);1-2H3;2*1H. The average molecular weight is 295 g/mol. The van der Waals surface area contributed by atoms with Crippen molar-refractivity contribution in [3.63, 3.8) is 0 Å². The second-order valence-electron chi connectivity index (χ2n) is 3.44. The average Bonchev–Trinajstić information content (AvgIpc) is 2.36. The molecule has 18 heavy (non-hydrogen) atoms. The van der Waals surface area contributed by atoms with E-state index in [0.29, 0.717) is 25.4 Å². The van der Waals surface area contributed by atoms with Crippen LogP contribution in [-0.2, 0) is 4.79 Å². The van der Waals surface area contributed by atoms with Crippen molar-refractivity contribution in [1.29, 1.82) is 0 Å². The number of hydrogen-bond donors (Lipinski definition) is 2. The van der Waals surface area contributed by atoms with Crippen LogP contribution in [0.25, 0.3) is 0 Å². The van der Waals surface area contributed by atoms with Crippen LogP contribution in [0.2, 0.25) is 0 Å². The molecule has 0 fully saturated rings. The van der Waals surface area contributed by atoms with Crippen molar-refractivity contribution >= 4 is 27.5 Å². The fraction of sp³-hybridized carbons (Fsp3) is 0.769. The first kappa shape index (κ1) is 20.0. The molecular weight excluding hydrogens is 264 g/mol. The van der Waals surface area contributed by atoms with E-state index in [-0.39, 0.29) is 8.76 Å². The Balaban J connectivity index is -0.000000304. The van der Waals surface area contributed by atoms with Gasteiger partial charge in [0.1, 0.15) is 0 Å². The second-order valence-corrected chi connectivity index (χ2v) is 6.14. The first-order valence-corrected chi connectivity index (χ1v) is 8.85. The molecule has 0 aromatic carbocycles. The fourth-order valence-electron chi connectivity index (χ4n) is 0.787. The van der Waals surface area contributed by atoms with Crippen molar-refractivity contribution in [3.05, 3.63) is 0 Å². The Hall–Kier alpha value is -0.310. The summed E-state index contributed by atoms with van der Waals surface area (Å²) in [6, 6.07) is 0. The lowest BCUT2D eigenvalue weighted by Gasteiger charge is -2.01. The van der Waals surface area contributed by atoms with E-state index >= 15 is 0 Å². The molecule has 0 heterocycles. The summed E-state index contributed by atoms with van der Waals surface area (Å²) >= 11 is 0. The quantitative estimate of drug-likeness (QED) is 0.430. The van der Waals surface area contributed by atoms with E-state index in [1.165, 1.54) is 0 Å². The van der Waals surface area contributed by atoms with Gasteiger partial charge in [0.2, 0.25) is 5.91 Å². The maximum Gasteiger partial charge on any atom is 0.221 e. The summed E-state index contributed by atoms with van der Waals surface area (Å²) in [4.78, 5) is 11.3. The zero-order valence-electron chi connectivity index (χ0n) is 11.9. The lowest BCUT2D eigenvalue weighted by Crippen LogP contribution is -2.23. The molecule has 110 valence electrons. The van der Waals surface area contributed by atoms with Crippen molar-refractivity contribution in [2.24, 2.45) is 11.7 Å². The SMILES string of the molecule is CC.CC(C)C#CCNC(=O)CCSSCCN.[HH].[HH]. The summed E-state index contributed by atoms with van der Waals surface area (Å²) in [5, 5.41) is 2.77. The van der Waals surface area contributed by atoms with Crippen LogP contribution in [0.15, 0.2) is 0 Å². The van der Waals surface area contributed by atoms with Gasteiger partial charge >= 0.3 is 0 Å². The summed E-state index contributed by atoms with van der Waals surface area (Å²) in [5.41, 5.74) is 5.35. The molecule has 0 aliphatic heterocycles. The molecule has 0 atom stereocenters. The number of carbonyl (C=O) groups is 1. The summed E-state index contributed by atoms with van der Waals surface area (Å²) in [5.74, 6) is 8.11. The zero-order valence-corrected chi connectivity index (χ0v) is 13.5. The largest absolute Gasteiger partial charge is 0.345 e. The molecule has 0 saturated heterocycles. The zero-order chi connectivity index (χ0) is 14.2. The van der Waals surface area contributed by atoms with Gasteiger partial charge in [0, 0.05) is 33.2 Å². The topological polar surface area (TPSA) is 55.1 Å². The van der Waals surface area contributed by atoms with Crippen LogP contribution in [0.5, 0.6) is 0 Å². The van der Waals surface area contributed by atoms with E-state index in [0.717, 1.165) is 11.5 Å². The molecule has 0 rings (SSSR count). The lowest BCUT2D eigenvalue weighted by molar-refractivity contribution is -0.120. The van der Waals surface area contributed by atoms with E-state index in [2.05, 4.69) is 17.2 Å². The van der Waals surface area contributed by atoms with Crippen LogP contribution in [0.1, 0.15) is 37.0 Å². The molecule has 0 unspecified atom stereocenters. The monoisotopic (exact) mass is 294 g/mol. The molecule has 3 nitrogen and oxygen atoms in total. The van der Waals surface area contributed by atoms with Gasteiger partial charge in [0.05, 0.1) is 6.54 Å². The molecule has 0 aromatic heterocycles. The third kappa shape index (κ3) is 18.1.